The van der Waals surface area contributed by atoms with E-state index in [1.807, 2.05) is 53.2 Å². The van der Waals surface area contributed by atoms with Gasteiger partial charge in [-0.15, -0.1) is 0 Å². The molecule has 134 valence electrons. The summed E-state index contributed by atoms with van der Waals surface area (Å²) in [5, 5.41) is 0. The van der Waals surface area contributed by atoms with Gasteiger partial charge in [0.25, 0.3) is 0 Å². The van der Waals surface area contributed by atoms with Gasteiger partial charge in [0.15, 0.2) is 0 Å². The zero-order chi connectivity index (χ0) is 18.6. The van der Waals surface area contributed by atoms with E-state index in [2.05, 4.69) is 17.1 Å². The van der Waals surface area contributed by atoms with Crippen LogP contribution in [0.1, 0.15) is 5.56 Å². The molecule has 0 saturated heterocycles. The van der Waals surface area contributed by atoms with E-state index in [9.17, 15) is 4.39 Å². The van der Waals surface area contributed by atoms with Gasteiger partial charge in [0.1, 0.15) is 17.4 Å². The molecule has 0 aliphatic heterocycles. The Balaban J connectivity index is 1.82. The number of rotatable bonds is 5. The van der Waals surface area contributed by atoms with Crippen molar-refractivity contribution in [3.05, 3.63) is 96.6 Å². The summed E-state index contributed by atoms with van der Waals surface area (Å²) in [6.45, 7) is 0.410. The molecule has 0 fully saturated rings. The van der Waals surface area contributed by atoms with E-state index in [4.69, 9.17) is 4.74 Å². The Bertz CT molecular complexity index is 1060. The molecule has 27 heavy (non-hydrogen) atoms. The maximum Gasteiger partial charge on any atom is 0.140 e. The van der Waals surface area contributed by atoms with Crippen molar-refractivity contribution in [2.75, 3.05) is 7.11 Å². The molecule has 0 atom stereocenters. The van der Waals surface area contributed by atoms with Crippen molar-refractivity contribution in [1.29, 1.82) is 0 Å². The monoisotopic (exact) mass is 358 g/mol. The van der Waals surface area contributed by atoms with E-state index in [1.54, 1.807) is 25.4 Å². The molecule has 0 unspecified atom stereocenters. The molecule has 0 aliphatic carbocycles. The van der Waals surface area contributed by atoms with Gasteiger partial charge >= 0.3 is 0 Å². The number of hydrogen-bond acceptors (Lipinski definition) is 2. The molecule has 4 heteroatoms. The average molecular weight is 358 g/mol. The Morgan fingerprint density at radius 2 is 1.70 bits per heavy atom. The summed E-state index contributed by atoms with van der Waals surface area (Å²) in [7, 11) is 1.65. The van der Waals surface area contributed by atoms with E-state index in [1.165, 1.54) is 6.07 Å². The minimum absolute atomic E-state index is 0.217. The lowest BCUT2D eigenvalue weighted by atomic mass is 9.98. The molecule has 0 bridgehead atoms. The number of ether oxygens (including phenoxy) is 1. The minimum Gasteiger partial charge on any atom is -0.497 e. The van der Waals surface area contributed by atoms with Gasteiger partial charge in [0.05, 0.1) is 13.7 Å². The van der Waals surface area contributed by atoms with Crippen LogP contribution in [0.4, 0.5) is 4.39 Å². The number of nitrogens with zero attached hydrogens (tertiary/aromatic N) is 2. The van der Waals surface area contributed by atoms with E-state index < -0.39 is 0 Å². The lowest BCUT2D eigenvalue weighted by Gasteiger charge is -2.14. The first kappa shape index (κ1) is 17.0. The molecule has 0 N–H and O–H groups in total. The summed E-state index contributed by atoms with van der Waals surface area (Å²) in [6, 6.07) is 22.9. The van der Waals surface area contributed by atoms with Crippen LogP contribution in [0.15, 0.2) is 85.2 Å². The summed E-state index contributed by atoms with van der Waals surface area (Å²) < 4.78 is 21.5. The zero-order valence-electron chi connectivity index (χ0n) is 15.0. The molecular weight excluding hydrogens is 339 g/mol. The Labute approximate surface area is 157 Å². The molecule has 4 aromatic rings. The second-order valence-corrected chi connectivity index (χ2v) is 6.25. The van der Waals surface area contributed by atoms with E-state index in [-0.39, 0.29) is 5.82 Å². The van der Waals surface area contributed by atoms with Gasteiger partial charge in [-0.3, -0.25) is 0 Å². The van der Waals surface area contributed by atoms with E-state index in [0.717, 1.165) is 28.3 Å². The first-order valence-electron chi connectivity index (χ1n) is 8.74. The Morgan fingerprint density at radius 1 is 0.926 bits per heavy atom. The predicted molar refractivity (Wildman–Crippen MR) is 105 cm³/mol. The fourth-order valence-corrected chi connectivity index (χ4v) is 3.20. The Morgan fingerprint density at radius 3 is 2.48 bits per heavy atom. The standard InChI is InChI=1S/C23H19FN2O/c1-27-19-11-12-20(17-7-3-2-4-8-17)21(15-19)23-25-13-14-26(23)16-18-9-5-6-10-22(18)24/h2-15H,16H2,1H3. The van der Waals surface area contributed by atoms with Gasteiger partial charge in [-0.25, -0.2) is 9.37 Å². The van der Waals surface area contributed by atoms with E-state index in [0.29, 0.717) is 12.1 Å². The molecule has 0 amide bonds. The highest BCUT2D eigenvalue weighted by Gasteiger charge is 2.15. The Kier molecular flexibility index (Phi) is 4.71. The van der Waals surface area contributed by atoms with Gasteiger partial charge in [-0.2, -0.15) is 0 Å². The number of benzene rings is 3. The number of halogens is 1. The molecule has 0 radical (unpaired) electrons. The maximum absolute atomic E-state index is 14.1. The van der Waals surface area contributed by atoms with Crippen molar-refractivity contribution in [1.82, 2.24) is 9.55 Å². The van der Waals surface area contributed by atoms with Gasteiger partial charge in [-0.05, 0) is 35.4 Å². The summed E-state index contributed by atoms with van der Waals surface area (Å²) in [6.07, 6.45) is 3.61. The van der Waals surface area contributed by atoms with Crippen molar-refractivity contribution in [2.24, 2.45) is 0 Å². The highest BCUT2D eigenvalue weighted by atomic mass is 19.1. The topological polar surface area (TPSA) is 27.1 Å². The van der Waals surface area contributed by atoms with Crippen molar-refractivity contribution in [3.63, 3.8) is 0 Å². The number of imidazole rings is 1. The van der Waals surface area contributed by atoms with E-state index >= 15 is 0 Å². The van der Waals surface area contributed by atoms with Crippen LogP contribution in [-0.4, -0.2) is 16.7 Å². The molecule has 3 nitrogen and oxygen atoms in total. The SMILES string of the molecule is COc1ccc(-c2ccccc2)c(-c2nccn2Cc2ccccc2F)c1. The molecule has 0 aliphatic rings. The van der Waals surface area contributed by atoms with Crippen LogP contribution in [0.2, 0.25) is 0 Å². The molecule has 0 saturated carbocycles. The molecule has 3 aromatic carbocycles. The van der Waals surface area contributed by atoms with Gasteiger partial charge in [0, 0.05) is 23.5 Å². The normalized spacial score (nSPS) is 10.7. The second kappa shape index (κ2) is 7.46. The third kappa shape index (κ3) is 3.47. The zero-order valence-corrected chi connectivity index (χ0v) is 15.0. The Hall–Kier alpha value is -3.40. The summed E-state index contributed by atoms with van der Waals surface area (Å²) in [5.74, 6) is 1.31. The first-order valence-corrected chi connectivity index (χ1v) is 8.74. The average Bonchev–Trinajstić information content (AvgIpc) is 3.18. The van der Waals surface area contributed by atoms with Gasteiger partial charge in [-0.1, -0.05) is 48.5 Å². The smallest absolute Gasteiger partial charge is 0.140 e. The van der Waals surface area contributed by atoms with Crippen LogP contribution in [-0.2, 0) is 6.54 Å². The fourth-order valence-electron chi connectivity index (χ4n) is 3.20. The summed E-state index contributed by atoms with van der Waals surface area (Å²) >= 11 is 0. The molecule has 1 aromatic heterocycles. The lowest BCUT2D eigenvalue weighted by molar-refractivity contribution is 0.415. The quantitative estimate of drug-likeness (QED) is 0.477. The highest BCUT2D eigenvalue weighted by Crippen LogP contribution is 2.34. The number of aromatic nitrogens is 2. The largest absolute Gasteiger partial charge is 0.497 e. The van der Waals surface area contributed by atoms with Gasteiger partial charge in [0.2, 0.25) is 0 Å². The van der Waals surface area contributed by atoms with Gasteiger partial charge < -0.3 is 9.30 Å². The second-order valence-electron chi connectivity index (χ2n) is 6.25. The fraction of sp³-hybridized carbons (Fsp3) is 0.0870. The summed E-state index contributed by atoms with van der Waals surface area (Å²) in [4.78, 5) is 4.56. The molecule has 0 spiro atoms. The van der Waals surface area contributed by atoms with Crippen LogP contribution in [0.25, 0.3) is 22.5 Å². The predicted octanol–water partition coefficient (Wildman–Crippen LogP) is 5.41. The molecule has 1 heterocycles. The van der Waals surface area contributed by atoms with Crippen molar-refractivity contribution in [3.8, 4) is 28.3 Å². The van der Waals surface area contributed by atoms with Crippen LogP contribution in [0, 0.1) is 5.82 Å². The van der Waals surface area contributed by atoms with Crippen LogP contribution in [0.3, 0.4) is 0 Å². The summed E-state index contributed by atoms with van der Waals surface area (Å²) in [5.41, 5.74) is 3.72. The van der Waals surface area contributed by atoms with Crippen LogP contribution >= 0.6 is 0 Å². The molecule has 4 rings (SSSR count). The van der Waals surface area contributed by atoms with Crippen molar-refractivity contribution in [2.45, 2.75) is 6.54 Å². The number of methoxy groups -OCH3 is 1. The first-order chi connectivity index (χ1) is 13.3. The van der Waals surface area contributed by atoms with Crippen LogP contribution < -0.4 is 4.74 Å². The third-order valence-corrected chi connectivity index (χ3v) is 4.57. The maximum atomic E-state index is 14.1. The van der Waals surface area contributed by atoms with Crippen LogP contribution in [0.5, 0.6) is 5.75 Å². The highest BCUT2D eigenvalue weighted by molar-refractivity contribution is 5.81. The van der Waals surface area contributed by atoms with Crippen molar-refractivity contribution >= 4 is 0 Å². The molecular formula is C23H19FN2O. The lowest BCUT2D eigenvalue weighted by Crippen LogP contribution is -2.04. The minimum atomic E-state index is -0.217. The number of hydrogen-bond donors (Lipinski definition) is 0. The third-order valence-electron chi connectivity index (χ3n) is 4.57. The van der Waals surface area contributed by atoms with Crippen molar-refractivity contribution < 1.29 is 9.13 Å².